The molecule has 0 unspecified atom stereocenters. The van der Waals surface area contributed by atoms with Crippen LogP contribution in [-0.2, 0) is 16.0 Å². The van der Waals surface area contributed by atoms with Crippen molar-refractivity contribution in [3.05, 3.63) is 38.9 Å². The van der Waals surface area contributed by atoms with Crippen LogP contribution in [0.4, 0.5) is 5.00 Å². The lowest BCUT2D eigenvalue weighted by molar-refractivity contribution is -0.116. The van der Waals surface area contributed by atoms with E-state index in [2.05, 4.69) is 5.32 Å². The second kappa shape index (κ2) is 7.27. The largest absolute Gasteiger partial charge is 0.462 e. The van der Waals surface area contributed by atoms with Gasteiger partial charge in [-0.15, -0.1) is 11.3 Å². The van der Waals surface area contributed by atoms with Gasteiger partial charge in [-0.25, -0.2) is 4.79 Å². The van der Waals surface area contributed by atoms with Crippen LogP contribution in [0.5, 0.6) is 0 Å². The van der Waals surface area contributed by atoms with E-state index in [4.69, 9.17) is 4.74 Å². The second-order valence-corrected chi connectivity index (χ2v) is 7.23. The highest BCUT2D eigenvalue weighted by Gasteiger charge is 2.32. The molecule has 1 amide bonds. The van der Waals surface area contributed by atoms with Crippen LogP contribution in [0.3, 0.4) is 0 Å². The van der Waals surface area contributed by atoms with Crippen molar-refractivity contribution in [1.82, 2.24) is 0 Å². The van der Waals surface area contributed by atoms with E-state index in [9.17, 15) is 9.59 Å². The predicted molar refractivity (Wildman–Crippen MR) is 93.5 cm³/mol. The molecular formula is C17H19NO3S2. The van der Waals surface area contributed by atoms with Crippen molar-refractivity contribution < 1.29 is 14.3 Å². The Bertz CT molecular complexity index is 687. The maximum atomic E-state index is 12.2. The molecule has 1 saturated carbocycles. The first-order chi connectivity index (χ1) is 11.2. The molecule has 6 heteroatoms. The third kappa shape index (κ3) is 4.00. The third-order valence-corrected chi connectivity index (χ3v) is 5.44. The number of aryl methyl sites for hydroxylation is 1. The number of esters is 1. The van der Waals surface area contributed by atoms with Crippen LogP contribution in [-0.4, -0.2) is 18.5 Å². The molecule has 0 atom stereocenters. The molecule has 1 aliphatic carbocycles. The van der Waals surface area contributed by atoms with Crippen molar-refractivity contribution >= 4 is 39.6 Å². The zero-order valence-electron chi connectivity index (χ0n) is 13.0. The molecule has 0 bridgehead atoms. The predicted octanol–water partition coefficient (Wildman–Crippen LogP) is 4.44. The molecule has 122 valence electrons. The minimum Gasteiger partial charge on any atom is -0.462 e. The Morgan fingerprint density at radius 3 is 2.83 bits per heavy atom. The Labute approximate surface area is 143 Å². The van der Waals surface area contributed by atoms with Crippen molar-refractivity contribution in [2.45, 2.75) is 38.5 Å². The second-order valence-electron chi connectivity index (χ2n) is 5.57. The van der Waals surface area contributed by atoms with E-state index in [-0.39, 0.29) is 11.9 Å². The summed E-state index contributed by atoms with van der Waals surface area (Å²) in [6.07, 6.45) is 3.34. The first-order valence-electron chi connectivity index (χ1n) is 7.78. The van der Waals surface area contributed by atoms with E-state index in [0.29, 0.717) is 35.9 Å². The van der Waals surface area contributed by atoms with Crippen LogP contribution in [0.15, 0.2) is 22.2 Å². The highest BCUT2D eigenvalue weighted by molar-refractivity contribution is 7.15. The number of amides is 1. The van der Waals surface area contributed by atoms with Gasteiger partial charge in [0.25, 0.3) is 0 Å². The molecule has 3 rings (SSSR count). The van der Waals surface area contributed by atoms with Crippen molar-refractivity contribution in [3.8, 4) is 0 Å². The Morgan fingerprint density at radius 2 is 2.17 bits per heavy atom. The molecule has 1 N–H and O–H groups in total. The lowest BCUT2D eigenvalue weighted by atomic mass is 10.1. The Morgan fingerprint density at radius 1 is 1.35 bits per heavy atom. The fourth-order valence-electron chi connectivity index (χ4n) is 2.45. The maximum Gasteiger partial charge on any atom is 0.341 e. The molecule has 0 spiro atoms. The average molecular weight is 349 g/mol. The van der Waals surface area contributed by atoms with Gasteiger partial charge in [0.2, 0.25) is 5.91 Å². The van der Waals surface area contributed by atoms with Gasteiger partial charge in [-0.05, 0) is 65.4 Å². The van der Waals surface area contributed by atoms with Crippen LogP contribution < -0.4 is 5.32 Å². The van der Waals surface area contributed by atoms with Gasteiger partial charge in [0.05, 0.1) is 12.2 Å². The van der Waals surface area contributed by atoms with Crippen LogP contribution in [0.25, 0.3) is 0 Å². The molecule has 2 heterocycles. The number of rotatable bonds is 7. The summed E-state index contributed by atoms with van der Waals surface area (Å²) in [6, 6.07) is 2.03. The minimum absolute atomic E-state index is 0.0639. The SMILES string of the molecule is CCOC(=O)c1c(C2CC2)csc1NC(=O)CCc1ccsc1. The molecule has 2 aromatic heterocycles. The van der Waals surface area contributed by atoms with E-state index in [1.807, 2.05) is 22.2 Å². The molecule has 0 aliphatic heterocycles. The van der Waals surface area contributed by atoms with Gasteiger partial charge >= 0.3 is 5.97 Å². The van der Waals surface area contributed by atoms with Crippen LogP contribution in [0, 0.1) is 0 Å². The van der Waals surface area contributed by atoms with E-state index >= 15 is 0 Å². The standard InChI is InChI=1S/C17H19NO3S2/c1-2-21-17(20)15-13(12-4-5-12)10-23-16(15)18-14(19)6-3-11-7-8-22-9-11/h7-10,12H,2-6H2,1H3,(H,18,19). The van der Waals surface area contributed by atoms with Crippen molar-refractivity contribution in [1.29, 1.82) is 0 Å². The van der Waals surface area contributed by atoms with Gasteiger partial charge < -0.3 is 10.1 Å². The van der Waals surface area contributed by atoms with Gasteiger partial charge in [0.15, 0.2) is 0 Å². The number of carbonyl (C=O) groups is 2. The first kappa shape index (κ1) is 16.2. The number of ether oxygens (including phenoxy) is 1. The molecule has 23 heavy (non-hydrogen) atoms. The third-order valence-electron chi connectivity index (χ3n) is 3.79. The molecule has 1 aliphatic rings. The number of thiophene rings is 2. The zero-order valence-corrected chi connectivity index (χ0v) is 14.6. The van der Waals surface area contributed by atoms with Gasteiger partial charge in [-0.3, -0.25) is 4.79 Å². The maximum absolute atomic E-state index is 12.2. The minimum atomic E-state index is -0.330. The number of anilines is 1. The summed E-state index contributed by atoms with van der Waals surface area (Å²) in [6.45, 7) is 2.13. The van der Waals surface area contributed by atoms with Crippen LogP contribution >= 0.6 is 22.7 Å². The van der Waals surface area contributed by atoms with Gasteiger partial charge in [-0.1, -0.05) is 0 Å². The van der Waals surface area contributed by atoms with Crippen LogP contribution in [0.1, 0.15) is 53.6 Å². The van der Waals surface area contributed by atoms with Gasteiger partial charge in [0.1, 0.15) is 5.00 Å². The summed E-state index contributed by atoms with van der Waals surface area (Å²) in [5.41, 5.74) is 2.76. The topological polar surface area (TPSA) is 55.4 Å². The summed E-state index contributed by atoms with van der Waals surface area (Å²) in [5, 5.41) is 9.56. The summed E-state index contributed by atoms with van der Waals surface area (Å²) < 4.78 is 5.16. The number of hydrogen-bond donors (Lipinski definition) is 1. The monoisotopic (exact) mass is 349 g/mol. The quantitative estimate of drug-likeness (QED) is 0.752. The fraction of sp³-hybridized carbons (Fsp3) is 0.412. The lowest BCUT2D eigenvalue weighted by Crippen LogP contribution is -2.15. The summed E-state index contributed by atoms with van der Waals surface area (Å²) in [7, 11) is 0. The molecular weight excluding hydrogens is 330 g/mol. The molecule has 0 radical (unpaired) electrons. The van der Waals surface area contributed by atoms with Gasteiger partial charge in [-0.2, -0.15) is 11.3 Å². The van der Waals surface area contributed by atoms with Crippen LogP contribution in [0.2, 0.25) is 0 Å². The normalized spacial score (nSPS) is 13.8. The van der Waals surface area contributed by atoms with Crippen molar-refractivity contribution in [2.75, 3.05) is 11.9 Å². The van der Waals surface area contributed by atoms with E-state index in [1.54, 1.807) is 18.3 Å². The van der Waals surface area contributed by atoms with E-state index < -0.39 is 0 Å². The van der Waals surface area contributed by atoms with Crippen molar-refractivity contribution in [3.63, 3.8) is 0 Å². The average Bonchev–Trinajstić information content (AvgIpc) is 3.08. The number of hydrogen-bond acceptors (Lipinski definition) is 5. The van der Waals surface area contributed by atoms with E-state index in [1.165, 1.54) is 16.9 Å². The molecule has 2 aromatic rings. The lowest BCUT2D eigenvalue weighted by Gasteiger charge is -2.08. The van der Waals surface area contributed by atoms with E-state index in [0.717, 1.165) is 18.4 Å². The summed E-state index contributed by atoms with van der Waals surface area (Å²) in [5.74, 6) is 0.0526. The zero-order chi connectivity index (χ0) is 16.2. The Kier molecular flexibility index (Phi) is 5.13. The Hall–Kier alpha value is -1.66. The highest BCUT2D eigenvalue weighted by Crippen LogP contribution is 2.46. The molecule has 0 saturated heterocycles. The molecule has 1 fully saturated rings. The number of carbonyl (C=O) groups excluding carboxylic acids is 2. The smallest absolute Gasteiger partial charge is 0.341 e. The fourth-order valence-corrected chi connectivity index (χ4v) is 4.20. The first-order valence-corrected chi connectivity index (χ1v) is 9.60. The van der Waals surface area contributed by atoms with Crippen molar-refractivity contribution in [2.24, 2.45) is 0 Å². The highest BCUT2D eigenvalue weighted by atomic mass is 32.1. The number of nitrogens with one attached hydrogen (secondary N) is 1. The van der Waals surface area contributed by atoms with Gasteiger partial charge in [0, 0.05) is 6.42 Å². The Balaban J connectivity index is 1.68. The summed E-state index contributed by atoms with van der Waals surface area (Å²) >= 11 is 3.05. The summed E-state index contributed by atoms with van der Waals surface area (Å²) in [4.78, 5) is 24.4. The molecule has 0 aromatic carbocycles. The molecule has 4 nitrogen and oxygen atoms in total.